The largest absolute Gasteiger partial charge is 0.457 e. The lowest BCUT2D eigenvalue weighted by molar-refractivity contribution is -0.140. The number of halogens is 1. The lowest BCUT2D eigenvalue weighted by Crippen LogP contribution is -2.53. The van der Waals surface area contributed by atoms with E-state index in [2.05, 4.69) is 5.32 Å². The SMILES string of the molecule is CCCCNC(=O)[C@@H](Cc1ccccc1)N(Cc1ccc(Cl)cc1)C(=O)CN(c1ccc(Oc2ccccc2)cc1)S(C)(=O)=O. The van der Waals surface area contributed by atoms with Crippen LogP contribution >= 0.6 is 11.6 Å². The highest BCUT2D eigenvalue weighted by Crippen LogP contribution is 2.26. The molecule has 0 aliphatic carbocycles. The molecule has 0 saturated heterocycles. The van der Waals surface area contributed by atoms with Crippen molar-refractivity contribution in [3.05, 3.63) is 125 Å². The molecule has 1 N–H and O–H groups in total. The minimum Gasteiger partial charge on any atom is -0.457 e. The molecule has 0 saturated carbocycles. The molecule has 236 valence electrons. The van der Waals surface area contributed by atoms with Gasteiger partial charge in [-0.3, -0.25) is 13.9 Å². The van der Waals surface area contributed by atoms with E-state index in [1.165, 1.54) is 4.90 Å². The first-order valence-corrected chi connectivity index (χ1v) is 17.0. The van der Waals surface area contributed by atoms with Crippen LogP contribution in [0.3, 0.4) is 0 Å². The average molecular weight is 648 g/mol. The molecule has 0 aliphatic rings. The number of nitrogens with zero attached hydrogens (tertiary/aromatic N) is 2. The summed E-state index contributed by atoms with van der Waals surface area (Å²) in [5, 5.41) is 3.52. The van der Waals surface area contributed by atoms with Crippen LogP contribution < -0.4 is 14.4 Å². The minimum atomic E-state index is -3.89. The van der Waals surface area contributed by atoms with E-state index in [4.69, 9.17) is 16.3 Å². The van der Waals surface area contributed by atoms with Crippen molar-refractivity contribution in [2.24, 2.45) is 0 Å². The van der Waals surface area contributed by atoms with E-state index < -0.39 is 28.5 Å². The Morgan fingerprint density at radius 3 is 2.02 bits per heavy atom. The van der Waals surface area contributed by atoms with Gasteiger partial charge in [0.25, 0.3) is 0 Å². The van der Waals surface area contributed by atoms with Crippen LogP contribution in [0.25, 0.3) is 0 Å². The Kier molecular flexibility index (Phi) is 12.0. The van der Waals surface area contributed by atoms with Crippen molar-refractivity contribution in [2.75, 3.05) is 23.7 Å². The van der Waals surface area contributed by atoms with Crippen LogP contribution in [-0.2, 0) is 32.6 Å². The van der Waals surface area contributed by atoms with E-state index in [-0.39, 0.29) is 18.9 Å². The zero-order valence-corrected chi connectivity index (χ0v) is 27.0. The van der Waals surface area contributed by atoms with Crippen LogP contribution in [0, 0.1) is 0 Å². The molecule has 0 aromatic heterocycles. The molecule has 8 nitrogen and oxygen atoms in total. The first kappa shape index (κ1) is 33.6. The van der Waals surface area contributed by atoms with Crippen LogP contribution in [0.5, 0.6) is 11.5 Å². The molecule has 2 amide bonds. The van der Waals surface area contributed by atoms with Gasteiger partial charge in [-0.05, 0) is 66.1 Å². The molecule has 0 bridgehead atoms. The smallest absolute Gasteiger partial charge is 0.244 e. The van der Waals surface area contributed by atoms with E-state index in [1.807, 2.05) is 67.6 Å². The van der Waals surface area contributed by atoms with E-state index in [0.717, 1.165) is 34.5 Å². The van der Waals surface area contributed by atoms with Crippen molar-refractivity contribution in [3.8, 4) is 11.5 Å². The average Bonchev–Trinajstić information content (AvgIpc) is 3.03. The number of anilines is 1. The number of sulfonamides is 1. The highest BCUT2D eigenvalue weighted by molar-refractivity contribution is 7.92. The van der Waals surface area contributed by atoms with Crippen LogP contribution in [-0.4, -0.2) is 50.5 Å². The number of rotatable bonds is 15. The van der Waals surface area contributed by atoms with Gasteiger partial charge < -0.3 is 15.0 Å². The Hall–Kier alpha value is -4.34. The number of para-hydroxylation sites is 1. The third-order valence-corrected chi connectivity index (χ3v) is 8.54. The summed E-state index contributed by atoms with van der Waals surface area (Å²) in [5.41, 5.74) is 1.92. The molecule has 0 radical (unpaired) electrons. The van der Waals surface area contributed by atoms with Crippen LogP contribution in [0.2, 0.25) is 5.02 Å². The molecule has 0 aliphatic heterocycles. The quantitative estimate of drug-likeness (QED) is 0.150. The molecule has 4 rings (SSSR count). The number of carbonyl (C=O) groups is 2. The van der Waals surface area contributed by atoms with Gasteiger partial charge in [0.1, 0.15) is 24.1 Å². The maximum Gasteiger partial charge on any atom is 0.244 e. The number of benzene rings is 4. The standard InChI is InChI=1S/C35H38ClN3O5S/c1-3-4-23-37-35(41)33(24-27-11-7-5-8-12-27)38(25-28-15-17-29(36)18-16-28)34(40)26-39(45(2,42)43)30-19-21-32(22-20-30)44-31-13-9-6-10-14-31/h5-22,33H,3-4,23-26H2,1-2H3,(H,37,41)/t33-/m1/s1. The van der Waals surface area contributed by atoms with Crippen LogP contribution in [0.15, 0.2) is 109 Å². The van der Waals surface area contributed by atoms with Gasteiger partial charge in [0.15, 0.2) is 0 Å². The third kappa shape index (κ3) is 10.1. The third-order valence-electron chi connectivity index (χ3n) is 7.15. The molecule has 4 aromatic carbocycles. The molecule has 45 heavy (non-hydrogen) atoms. The molecule has 1 atom stereocenters. The summed E-state index contributed by atoms with van der Waals surface area (Å²) >= 11 is 6.12. The van der Waals surface area contributed by atoms with Gasteiger partial charge in [0, 0.05) is 24.5 Å². The zero-order valence-electron chi connectivity index (χ0n) is 25.4. The fourth-order valence-corrected chi connectivity index (χ4v) is 5.74. The van der Waals surface area contributed by atoms with E-state index >= 15 is 0 Å². The first-order chi connectivity index (χ1) is 21.6. The van der Waals surface area contributed by atoms with E-state index in [9.17, 15) is 18.0 Å². The molecule has 0 unspecified atom stereocenters. The summed E-state index contributed by atoms with van der Waals surface area (Å²) in [6.07, 6.45) is 3.00. The lowest BCUT2D eigenvalue weighted by atomic mass is 10.0. The molecular weight excluding hydrogens is 610 g/mol. The second-order valence-electron chi connectivity index (χ2n) is 10.7. The number of amides is 2. The lowest BCUT2D eigenvalue weighted by Gasteiger charge is -2.33. The Balaban J connectivity index is 1.66. The van der Waals surface area contributed by atoms with Crippen LogP contribution in [0.4, 0.5) is 5.69 Å². The maximum atomic E-state index is 14.2. The van der Waals surface area contributed by atoms with Gasteiger partial charge in [0.05, 0.1) is 11.9 Å². The Labute approximate surface area is 270 Å². The number of carbonyl (C=O) groups excluding carboxylic acids is 2. The minimum absolute atomic E-state index is 0.0795. The topological polar surface area (TPSA) is 96.0 Å². The van der Waals surface area contributed by atoms with Crippen molar-refractivity contribution in [1.82, 2.24) is 10.2 Å². The maximum absolute atomic E-state index is 14.2. The first-order valence-electron chi connectivity index (χ1n) is 14.8. The summed E-state index contributed by atoms with van der Waals surface area (Å²) in [5.74, 6) is 0.329. The summed E-state index contributed by atoms with van der Waals surface area (Å²) in [7, 11) is -3.89. The fourth-order valence-electron chi connectivity index (χ4n) is 4.77. The van der Waals surface area contributed by atoms with Crippen LogP contribution in [0.1, 0.15) is 30.9 Å². The van der Waals surface area contributed by atoms with Gasteiger partial charge in [-0.1, -0.05) is 85.6 Å². The van der Waals surface area contributed by atoms with Gasteiger partial charge in [-0.25, -0.2) is 8.42 Å². The molecule has 0 fully saturated rings. The van der Waals surface area contributed by atoms with Crippen molar-refractivity contribution in [3.63, 3.8) is 0 Å². The van der Waals surface area contributed by atoms with E-state index in [1.54, 1.807) is 48.5 Å². The van der Waals surface area contributed by atoms with Gasteiger partial charge in [0.2, 0.25) is 21.8 Å². The van der Waals surface area contributed by atoms with Crippen molar-refractivity contribution >= 4 is 39.1 Å². The molecule has 4 aromatic rings. The molecular formula is C35H38ClN3O5S. The van der Waals surface area contributed by atoms with Gasteiger partial charge in [-0.15, -0.1) is 0 Å². The molecule has 0 spiro atoms. The molecule has 0 heterocycles. The highest BCUT2D eigenvalue weighted by atomic mass is 35.5. The fraction of sp³-hybridized carbons (Fsp3) is 0.257. The molecule has 10 heteroatoms. The summed E-state index contributed by atoms with van der Waals surface area (Å²) in [6, 6.07) is 31.3. The number of ether oxygens (including phenoxy) is 1. The number of hydrogen-bond acceptors (Lipinski definition) is 5. The normalized spacial score (nSPS) is 11.8. The second kappa shape index (κ2) is 16.1. The number of nitrogens with one attached hydrogen (secondary N) is 1. The summed E-state index contributed by atoms with van der Waals surface area (Å²) in [4.78, 5) is 29.4. The number of hydrogen-bond donors (Lipinski definition) is 1. The van der Waals surface area contributed by atoms with Gasteiger partial charge >= 0.3 is 0 Å². The predicted molar refractivity (Wildman–Crippen MR) is 179 cm³/mol. The highest BCUT2D eigenvalue weighted by Gasteiger charge is 2.33. The summed E-state index contributed by atoms with van der Waals surface area (Å²) < 4.78 is 33.0. The monoisotopic (exact) mass is 647 g/mol. The Morgan fingerprint density at radius 2 is 1.42 bits per heavy atom. The van der Waals surface area contributed by atoms with Crippen molar-refractivity contribution in [2.45, 2.75) is 38.8 Å². The Bertz CT molecular complexity index is 1630. The second-order valence-corrected chi connectivity index (χ2v) is 13.0. The Morgan fingerprint density at radius 1 is 0.822 bits per heavy atom. The van der Waals surface area contributed by atoms with Crippen molar-refractivity contribution in [1.29, 1.82) is 0 Å². The van der Waals surface area contributed by atoms with Gasteiger partial charge in [-0.2, -0.15) is 0 Å². The van der Waals surface area contributed by atoms with Crippen molar-refractivity contribution < 1.29 is 22.7 Å². The predicted octanol–water partition coefficient (Wildman–Crippen LogP) is 6.45. The zero-order chi connectivity index (χ0) is 32.2. The number of unbranched alkanes of at least 4 members (excludes halogenated alkanes) is 1. The van der Waals surface area contributed by atoms with E-state index in [0.29, 0.717) is 28.8 Å². The summed E-state index contributed by atoms with van der Waals surface area (Å²) in [6.45, 7) is 2.08.